The van der Waals surface area contributed by atoms with Gasteiger partial charge in [0.2, 0.25) is 5.91 Å². The van der Waals surface area contributed by atoms with E-state index in [-0.39, 0.29) is 11.7 Å². The highest BCUT2D eigenvalue weighted by Crippen LogP contribution is 2.28. The molecule has 7 heteroatoms. The van der Waals surface area contributed by atoms with Gasteiger partial charge in [-0.25, -0.2) is 4.39 Å². The van der Waals surface area contributed by atoms with Gasteiger partial charge in [-0.15, -0.1) is 10.2 Å². The number of nitrogens with zero attached hydrogens (tertiary/aromatic N) is 3. The van der Waals surface area contributed by atoms with Crippen molar-refractivity contribution < 1.29 is 9.18 Å². The fourth-order valence-corrected chi connectivity index (χ4v) is 3.80. The average molecular weight is 413 g/mol. The Hall–Kier alpha value is -2.67. The maximum absolute atomic E-state index is 13.7. The number of benzene rings is 2. The zero-order chi connectivity index (χ0) is 21.0. The number of nitrogens with one attached hydrogen (secondary N) is 1. The van der Waals surface area contributed by atoms with Crippen LogP contribution in [0.5, 0.6) is 0 Å². The Balaban J connectivity index is 1.78. The van der Waals surface area contributed by atoms with Gasteiger partial charge in [-0.1, -0.05) is 48.5 Å². The van der Waals surface area contributed by atoms with Crippen LogP contribution in [0, 0.1) is 19.7 Å². The number of carbonyl (C=O) groups is 1. The van der Waals surface area contributed by atoms with Crippen LogP contribution in [-0.2, 0) is 11.3 Å². The molecule has 152 valence electrons. The molecule has 3 aromatic rings. The molecule has 1 unspecified atom stereocenters. The first-order valence-corrected chi connectivity index (χ1v) is 10.5. The lowest BCUT2D eigenvalue weighted by atomic mass is 10.1. The van der Waals surface area contributed by atoms with Gasteiger partial charge in [-0.2, -0.15) is 0 Å². The van der Waals surface area contributed by atoms with Crippen LogP contribution in [0.4, 0.5) is 10.1 Å². The molecule has 0 aliphatic heterocycles. The van der Waals surface area contributed by atoms with E-state index in [1.165, 1.54) is 17.8 Å². The molecule has 2 aromatic carbocycles. The fourth-order valence-electron chi connectivity index (χ4n) is 2.92. The molecule has 0 spiro atoms. The van der Waals surface area contributed by atoms with Gasteiger partial charge >= 0.3 is 0 Å². The van der Waals surface area contributed by atoms with Crippen molar-refractivity contribution in [2.75, 3.05) is 5.32 Å². The summed E-state index contributed by atoms with van der Waals surface area (Å²) in [7, 11) is 0. The average Bonchev–Trinajstić information content (AvgIpc) is 3.07. The highest BCUT2D eigenvalue weighted by atomic mass is 32.2. The molecule has 0 radical (unpaired) electrons. The van der Waals surface area contributed by atoms with Crippen LogP contribution in [0.25, 0.3) is 11.4 Å². The fraction of sp³-hybridized carbons (Fsp3) is 0.318. The third-order valence-corrected chi connectivity index (χ3v) is 5.61. The number of anilines is 1. The highest BCUT2D eigenvalue weighted by Gasteiger charge is 2.21. The van der Waals surface area contributed by atoms with Gasteiger partial charge in [0.15, 0.2) is 11.0 Å². The molecular formula is C22H25FN4OS. The minimum Gasteiger partial charge on any atom is -0.325 e. The van der Waals surface area contributed by atoms with Crippen LogP contribution in [0.2, 0.25) is 0 Å². The molecule has 1 atom stereocenters. The standard InChI is InChI=1S/C22H25FN4OS/c1-5-11-27-20(17-8-6-7-14(2)12-17)25-26-22(27)29-16(4)21(28)24-18-10-9-15(3)19(23)13-18/h6-10,12-13,16H,5,11H2,1-4H3,(H,24,28). The Bertz CT molecular complexity index is 1020. The van der Waals surface area contributed by atoms with Crippen molar-refractivity contribution in [1.29, 1.82) is 0 Å². The highest BCUT2D eigenvalue weighted by molar-refractivity contribution is 8.00. The minimum absolute atomic E-state index is 0.207. The molecule has 29 heavy (non-hydrogen) atoms. The van der Waals surface area contributed by atoms with E-state index < -0.39 is 5.25 Å². The van der Waals surface area contributed by atoms with E-state index in [0.717, 1.165) is 29.9 Å². The van der Waals surface area contributed by atoms with E-state index in [1.807, 2.05) is 32.0 Å². The van der Waals surface area contributed by atoms with E-state index in [0.29, 0.717) is 16.4 Å². The van der Waals surface area contributed by atoms with Crippen molar-refractivity contribution in [3.05, 3.63) is 59.4 Å². The summed E-state index contributed by atoms with van der Waals surface area (Å²) in [5.74, 6) is 0.251. The van der Waals surface area contributed by atoms with E-state index in [9.17, 15) is 9.18 Å². The van der Waals surface area contributed by atoms with Crippen LogP contribution in [0.1, 0.15) is 31.4 Å². The van der Waals surface area contributed by atoms with Gasteiger partial charge in [0, 0.05) is 17.8 Å². The normalized spacial score (nSPS) is 12.0. The lowest BCUT2D eigenvalue weighted by Crippen LogP contribution is -2.23. The summed E-state index contributed by atoms with van der Waals surface area (Å²) in [6.45, 7) is 8.39. The topological polar surface area (TPSA) is 59.8 Å². The van der Waals surface area contributed by atoms with E-state index in [2.05, 4.69) is 33.1 Å². The number of halogens is 1. The van der Waals surface area contributed by atoms with Crippen molar-refractivity contribution in [2.45, 2.75) is 51.1 Å². The van der Waals surface area contributed by atoms with Crippen LogP contribution in [0.15, 0.2) is 47.6 Å². The third kappa shape index (κ3) is 5.03. The molecule has 1 heterocycles. The number of hydrogen-bond acceptors (Lipinski definition) is 4. The van der Waals surface area contributed by atoms with Gasteiger partial charge < -0.3 is 9.88 Å². The van der Waals surface area contributed by atoms with Crippen LogP contribution < -0.4 is 5.32 Å². The molecule has 0 fully saturated rings. The SMILES string of the molecule is CCCn1c(SC(C)C(=O)Nc2ccc(C)c(F)c2)nnc1-c1cccc(C)c1. The smallest absolute Gasteiger partial charge is 0.237 e. The maximum atomic E-state index is 13.7. The first-order chi connectivity index (χ1) is 13.9. The number of hydrogen-bond donors (Lipinski definition) is 1. The van der Waals surface area contributed by atoms with Crippen LogP contribution in [-0.4, -0.2) is 25.9 Å². The lowest BCUT2D eigenvalue weighted by molar-refractivity contribution is -0.115. The van der Waals surface area contributed by atoms with E-state index >= 15 is 0 Å². The number of rotatable bonds is 7. The largest absolute Gasteiger partial charge is 0.325 e. The van der Waals surface area contributed by atoms with Crippen LogP contribution >= 0.6 is 11.8 Å². The number of amides is 1. The maximum Gasteiger partial charge on any atom is 0.237 e. The Morgan fingerprint density at radius 1 is 1.21 bits per heavy atom. The van der Waals surface area contributed by atoms with Gasteiger partial charge in [-0.3, -0.25) is 4.79 Å². The summed E-state index contributed by atoms with van der Waals surface area (Å²) >= 11 is 1.35. The van der Waals surface area contributed by atoms with Crippen molar-refractivity contribution >= 4 is 23.4 Å². The van der Waals surface area contributed by atoms with Crippen LogP contribution in [0.3, 0.4) is 0 Å². The summed E-state index contributed by atoms with van der Waals surface area (Å²) in [4.78, 5) is 12.6. The zero-order valence-corrected chi connectivity index (χ0v) is 17.9. The molecule has 0 aliphatic carbocycles. The Morgan fingerprint density at radius 3 is 2.69 bits per heavy atom. The minimum atomic E-state index is -0.412. The number of aryl methyl sites for hydroxylation is 2. The van der Waals surface area contributed by atoms with Gasteiger partial charge in [0.1, 0.15) is 5.82 Å². The second-order valence-corrected chi connectivity index (χ2v) is 8.35. The van der Waals surface area contributed by atoms with E-state index in [1.54, 1.807) is 19.1 Å². The van der Waals surface area contributed by atoms with Gasteiger partial charge in [0.05, 0.1) is 5.25 Å². The number of thioether (sulfide) groups is 1. The summed E-state index contributed by atoms with van der Waals surface area (Å²) in [5, 5.41) is 11.8. The summed E-state index contributed by atoms with van der Waals surface area (Å²) < 4.78 is 15.8. The second kappa shape index (κ2) is 9.22. The van der Waals surface area contributed by atoms with Crippen molar-refractivity contribution in [3.8, 4) is 11.4 Å². The first kappa shape index (κ1) is 21.0. The Kier molecular flexibility index (Phi) is 6.69. The second-order valence-electron chi connectivity index (χ2n) is 7.04. The molecule has 0 saturated carbocycles. The molecule has 0 saturated heterocycles. The molecular weight excluding hydrogens is 387 g/mol. The molecule has 1 amide bonds. The lowest BCUT2D eigenvalue weighted by Gasteiger charge is -2.14. The number of aromatic nitrogens is 3. The third-order valence-electron chi connectivity index (χ3n) is 4.53. The van der Waals surface area contributed by atoms with Crippen molar-refractivity contribution in [1.82, 2.24) is 14.8 Å². The molecule has 1 aromatic heterocycles. The number of carbonyl (C=O) groups excluding carboxylic acids is 1. The van der Waals surface area contributed by atoms with Gasteiger partial charge in [-0.05, 0) is 51.0 Å². The quantitative estimate of drug-likeness (QED) is 0.540. The molecule has 0 bridgehead atoms. The van der Waals surface area contributed by atoms with Gasteiger partial charge in [0.25, 0.3) is 0 Å². The summed E-state index contributed by atoms with van der Waals surface area (Å²) in [5.41, 5.74) is 3.15. The Morgan fingerprint density at radius 2 is 2.00 bits per heavy atom. The molecule has 1 N–H and O–H groups in total. The molecule has 0 aliphatic rings. The Labute approximate surface area is 174 Å². The zero-order valence-electron chi connectivity index (χ0n) is 17.1. The van der Waals surface area contributed by atoms with E-state index in [4.69, 9.17) is 0 Å². The predicted molar refractivity (Wildman–Crippen MR) is 116 cm³/mol. The monoisotopic (exact) mass is 412 g/mol. The summed E-state index contributed by atoms with van der Waals surface area (Å²) in [6, 6.07) is 12.8. The predicted octanol–water partition coefficient (Wildman–Crippen LogP) is 5.23. The summed E-state index contributed by atoms with van der Waals surface area (Å²) in [6.07, 6.45) is 0.924. The molecule has 3 rings (SSSR count). The first-order valence-electron chi connectivity index (χ1n) is 9.63. The molecule has 5 nitrogen and oxygen atoms in total. The van der Waals surface area contributed by atoms with Crippen molar-refractivity contribution in [3.63, 3.8) is 0 Å². The van der Waals surface area contributed by atoms with Crippen molar-refractivity contribution in [2.24, 2.45) is 0 Å².